The number of ether oxygens (including phenoxy) is 2. The largest absolute Gasteiger partial charge is 0.493 e. The third-order valence-electron chi connectivity index (χ3n) is 8.74. The number of thiazole rings is 1. The number of benzene rings is 1. The van der Waals surface area contributed by atoms with Crippen LogP contribution in [0.1, 0.15) is 34.6 Å². The van der Waals surface area contributed by atoms with E-state index in [-0.39, 0.29) is 17.9 Å². The molecule has 1 fully saturated rings. The molecule has 14 heteroatoms. The molecule has 0 bridgehead atoms. The number of para-hydroxylation sites is 1. The van der Waals surface area contributed by atoms with E-state index >= 15 is 0 Å². The van der Waals surface area contributed by atoms with Gasteiger partial charge >= 0.3 is 0 Å². The number of aromatic nitrogens is 3. The zero-order valence-corrected chi connectivity index (χ0v) is 30.6. The molecule has 5 heterocycles. The fraction of sp³-hybridized carbons (Fsp3) is 0.361. The third-order valence-corrected chi connectivity index (χ3v) is 9.97. The van der Waals surface area contributed by atoms with E-state index in [4.69, 9.17) is 31.0 Å². The first-order valence-electron chi connectivity index (χ1n) is 16.3. The molecule has 12 nitrogen and oxygen atoms in total. The predicted molar refractivity (Wildman–Crippen MR) is 198 cm³/mol. The summed E-state index contributed by atoms with van der Waals surface area (Å²) in [6.45, 7) is 8.94. The first-order chi connectivity index (χ1) is 23.9. The summed E-state index contributed by atoms with van der Waals surface area (Å²) < 4.78 is 12.1. The summed E-state index contributed by atoms with van der Waals surface area (Å²) in [6, 6.07) is 11.2. The van der Waals surface area contributed by atoms with Crippen molar-refractivity contribution in [1.82, 2.24) is 24.8 Å². The van der Waals surface area contributed by atoms with Gasteiger partial charge in [-0.05, 0) is 64.7 Å². The Morgan fingerprint density at radius 3 is 2.76 bits per heavy atom. The van der Waals surface area contributed by atoms with Crippen molar-refractivity contribution in [2.24, 2.45) is 0 Å². The first-order valence-corrected chi connectivity index (χ1v) is 17.5. The molecule has 1 atom stereocenters. The Hall–Kier alpha value is -4.56. The van der Waals surface area contributed by atoms with Crippen LogP contribution in [0, 0.1) is 6.92 Å². The number of nitrogens with zero attached hydrogens (tertiary/aromatic N) is 6. The van der Waals surface area contributed by atoms with Gasteiger partial charge in [-0.2, -0.15) is 0 Å². The van der Waals surface area contributed by atoms with Crippen LogP contribution in [-0.2, 0) is 15.1 Å². The van der Waals surface area contributed by atoms with E-state index in [9.17, 15) is 9.59 Å². The van der Waals surface area contributed by atoms with Crippen LogP contribution in [0.5, 0.6) is 5.75 Å². The van der Waals surface area contributed by atoms with Gasteiger partial charge in [0.25, 0.3) is 5.91 Å². The quantitative estimate of drug-likeness (QED) is 0.200. The highest BCUT2D eigenvalue weighted by Gasteiger charge is 2.39. The summed E-state index contributed by atoms with van der Waals surface area (Å²) in [7, 11) is 5.52. The molecular formula is C36H41ClN8O4S. The Balaban J connectivity index is 1.21. The lowest BCUT2D eigenvalue weighted by atomic mass is 9.96. The van der Waals surface area contributed by atoms with Crippen LogP contribution in [0.4, 0.5) is 22.5 Å². The van der Waals surface area contributed by atoms with Crippen molar-refractivity contribution in [3.05, 3.63) is 82.0 Å². The lowest BCUT2D eigenvalue weighted by molar-refractivity contribution is -0.127. The molecule has 4 aromatic rings. The van der Waals surface area contributed by atoms with Gasteiger partial charge in [0.15, 0.2) is 16.7 Å². The van der Waals surface area contributed by atoms with Gasteiger partial charge in [-0.1, -0.05) is 41.1 Å². The van der Waals surface area contributed by atoms with Crippen molar-refractivity contribution in [1.29, 1.82) is 0 Å². The maximum atomic E-state index is 13.0. The molecule has 2 N–H and O–H groups in total. The number of anilines is 4. The molecule has 6 rings (SSSR count). The maximum absolute atomic E-state index is 13.0. The lowest BCUT2D eigenvalue weighted by Gasteiger charge is -2.41. The number of methoxy groups -OCH3 is 1. The summed E-state index contributed by atoms with van der Waals surface area (Å²) >= 11 is 7.50. The smallest absolute Gasteiger partial charge is 0.267 e. The van der Waals surface area contributed by atoms with Crippen LogP contribution >= 0.6 is 22.9 Å². The molecule has 2 aliphatic rings. The molecule has 0 radical (unpaired) electrons. The van der Waals surface area contributed by atoms with Crippen molar-refractivity contribution in [3.8, 4) is 17.0 Å². The van der Waals surface area contributed by atoms with E-state index < -0.39 is 5.60 Å². The number of carbonyl (C=O) groups excluding carboxylic acids is 2. The Kier molecular flexibility index (Phi) is 10.4. The molecular weight excluding hydrogens is 676 g/mol. The van der Waals surface area contributed by atoms with Crippen LogP contribution in [0.2, 0.25) is 5.02 Å². The van der Waals surface area contributed by atoms with Crippen LogP contribution < -0.4 is 20.3 Å². The monoisotopic (exact) mass is 716 g/mol. The Labute approximate surface area is 301 Å². The number of likely N-dealkylation sites (N-methyl/N-ethyl adjacent to an activating group) is 1. The normalized spacial score (nSPS) is 16.9. The van der Waals surface area contributed by atoms with Crippen molar-refractivity contribution < 1.29 is 19.1 Å². The molecule has 1 aromatic carbocycles. The number of fused-ring (bicyclic) bond motifs is 3. The third kappa shape index (κ3) is 7.60. The molecule has 262 valence electrons. The van der Waals surface area contributed by atoms with Crippen LogP contribution in [0.15, 0.2) is 60.9 Å². The highest BCUT2D eigenvalue weighted by Crippen LogP contribution is 2.40. The van der Waals surface area contributed by atoms with E-state index in [0.717, 1.165) is 22.5 Å². The maximum Gasteiger partial charge on any atom is 0.267 e. The molecule has 1 unspecified atom stereocenters. The highest BCUT2D eigenvalue weighted by molar-refractivity contribution is 7.17. The van der Waals surface area contributed by atoms with E-state index in [2.05, 4.69) is 26.6 Å². The second kappa shape index (κ2) is 14.7. The number of pyridine rings is 2. The zero-order valence-electron chi connectivity index (χ0n) is 29.0. The second-order valence-corrected chi connectivity index (χ2v) is 14.4. The summed E-state index contributed by atoms with van der Waals surface area (Å²) in [5.74, 6) is 1.51. The minimum atomic E-state index is -0.635. The van der Waals surface area contributed by atoms with Gasteiger partial charge in [-0.3, -0.25) is 9.59 Å². The zero-order chi connectivity index (χ0) is 35.6. The van der Waals surface area contributed by atoms with Gasteiger partial charge in [-0.15, -0.1) is 0 Å². The summed E-state index contributed by atoms with van der Waals surface area (Å²) in [4.78, 5) is 46.8. The highest BCUT2D eigenvalue weighted by atomic mass is 35.5. The van der Waals surface area contributed by atoms with Crippen molar-refractivity contribution in [3.63, 3.8) is 0 Å². The van der Waals surface area contributed by atoms with Gasteiger partial charge in [0.2, 0.25) is 5.91 Å². The molecule has 1 saturated heterocycles. The topological polar surface area (TPSA) is 125 Å². The van der Waals surface area contributed by atoms with Crippen molar-refractivity contribution in [2.75, 3.05) is 69.5 Å². The Morgan fingerprint density at radius 1 is 1.18 bits per heavy atom. The second-order valence-electron chi connectivity index (χ2n) is 13.0. The average molecular weight is 717 g/mol. The number of rotatable bonds is 9. The minimum Gasteiger partial charge on any atom is -0.493 e. The number of carbonyl (C=O) groups is 2. The fourth-order valence-corrected chi connectivity index (χ4v) is 6.94. The SMILES string of the molecule is COc1ccc(-c2cnc3c(c2)C(C)(C)OCC2CN(C(=O)/C=C/CN(C)C)CCN32)nc1Nc1ncc(C(=O)Nc2c(C)cccc2Cl)s1. The summed E-state index contributed by atoms with van der Waals surface area (Å²) in [5.41, 5.74) is 3.21. The predicted octanol–water partition coefficient (Wildman–Crippen LogP) is 5.97. The lowest BCUT2D eigenvalue weighted by Crippen LogP contribution is -2.56. The van der Waals surface area contributed by atoms with E-state index in [1.807, 2.05) is 81.2 Å². The molecule has 0 saturated carbocycles. The van der Waals surface area contributed by atoms with Crippen molar-refractivity contribution >= 4 is 57.2 Å². The number of hydrogen-bond donors (Lipinski definition) is 2. The number of aryl methyl sites for hydroxylation is 1. The van der Waals surface area contributed by atoms with Gasteiger partial charge in [-0.25, -0.2) is 15.0 Å². The average Bonchev–Trinajstić information content (AvgIpc) is 3.53. The summed E-state index contributed by atoms with van der Waals surface area (Å²) in [5, 5.41) is 7.05. The van der Waals surface area contributed by atoms with Crippen LogP contribution in [-0.4, -0.2) is 96.6 Å². The van der Waals surface area contributed by atoms with Crippen molar-refractivity contribution in [2.45, 2.75) is 32.4 Å². The molecule has 0 spiro atoms. The van der Waals surface area contributed by atoms with E-state index in [1.165, 1.54) is 17.5 Å². The first kappa shape index (κ1) is 35.3. The molecule has 3 aromatic heterocycles. The Morgan fingerprint density at radius 2 is 2.00 bits per heavy atom. The molecule has 0 aliphatic carbocycles. The number of halogens is 1. The van der Waals surface area contributed by atoms with E-state index in [0.29, 0.717) is 70.8 Å². The number of hydrogen-bond acceptors (Lipinski definition) is 11. The van der Waals surface area contributed by atoms with Gasteiger partial charge in [0, 0.05) is 49.6 Å². The van der Waals surface area contributed by atoms with Crippen LogP contribution in [0.25, 0.3) is 11.3 Å². The van der Waals surface area contributed by atoms with Crippen LogP contribution in [0.3, 0.4) is 0 Å². The number of piperazine rings is 1. The van der Waals surface area contributed by atoms with Gasteiger partial charge in [0.05, 0.1) is 48.0 Å². The fourth-order valence-electron chi connectivity index (χ4n) is 5.96. The Bertz CT molecular complexity index is 1910. The molecule has 2 amide bonds. The van der Waals surface area contributed by atoms with Gasteiger partial charge < -0.3 is 34.8 Å². The minimum absolute atomic E-state index is 0.0120. The van der Waals surface area contributed by atoms with E-state index in [1.54, 1.807) is 19.3 Å². The number of amides is 2. The molecule has 2 aliphatic heterocycles. The molecule has 50 heavy (non-hydrogen) atoms. The van der Waals surface area contributed by atoms with Gasteiger partial charge in [0.1, 0.15) is 10.7 Å². The number of nitrogens with one attached hydrogen (secondary N) is 2. The standard InChI is InChI=1S/C36H41ClN8O4S/c1-22-9-7-10-26(37)31(22)41-34(47)29-19-39-35(50-29)42-32-28(48-6)13-12-27(40-32)23-17-25-33(38-18-23)45-16-15-44(30(46)11-8-14-43(4)5)20-24(45)21-49-36(25,2)3/h7-13,17-19,24H,14-16,20-21H2,1-6H3,(H,41,47)(H,39,40,42)/b11-8+. The summed E-state index contributed by atoms with van der Waals surface area (Å²) in [6.07, 6.45) is 6.88.